The van der Waals surface area contributed by atoms with E-state index in [2.05, 4.69) is 18.2 Å². The summed E-state index contributed by atoms with van der Waals surface area (Å²) in [5.41, 5.74) is 4.55. The molecule has 2 rings (SSSR count). The summed E-state index contributed by atoms with van der Waals surface area (Å²) in [5, 5.41) is 9.07. The summed E-state index contributed by atoms with van der Waals surface area (Å²) in [4.78, 5) is 11.1. The van der Waals surface area contributed by atoms with Crippen LogP contribution in [0.2, 0.25) is 0 Å². The quantitative estimate of drug-likeness (QED) is 0.911. The number of hydrogen-bond donors (Lipinski definition) is 1. The van der Waals surface area contributed by atoms with Gasteiger partial charge in [0.15, 0.2) is 0 Å². The summed E-state index contributed by atoms with van der Waals surface area (Å²) in [6, 6.07) is 11.4. The first-order valence-corrected chi connectivity index (χ1v) is 6.01. The molecule has 19 heavy (non-hydrogen) atoms. The molecule has 0 bridgehead atoms. The average Bonchev–Trinajstić information content (AvgIpc) is 2.36. The van der Waals surface area contributed by atoms with Crippen LogP contribution in [0.3, 0.4) is 0 Å². The van der Waals surface area contributed by atoms with Crippen molar-refractivity contribution in [2.45, 2.75) is 13.8 Å². The van der Waals surface area contributed by atoms with E-state index in [-0.39, 0.29) is 5.56 Å². The highest BCUT2D eigenvalue weighted by atomic mass is 16.5. The number of benzene rings is 2. The Morgan fingerprint density at radius 1 is 1.00 bits per heavy atom. The fourth-order valence-corrected chi connectivity index (χ4v) is 2.19. The first-order chi connectivity index (χ1) is 9.01. The standard InChI is InChI=1S/C16H16O3/c1-10-6-11(2)8-13(7-10)12-4-5-14(16(17)18)15(9-12)19-3/h4-9H,1-3H3,(H,17,18). The van der Waals surface area contributed by atoms with E-state index >= 15 is 0 Å². The highest BCUT2D eigenvalue weighted by Gasteiger charge is 2.12. The lowest BCUT2D eigenvalue weighted by Gasteiger charge is -2.09. The molecule has 0 heterocycles. The molecule has 0 aliphatic heterocycles. The van der Waals surface area contributed by atoms with Crippen molar-refractivity contribution in [1.82, 2.24) is 0 Å². The average molecular weight is 256 g/mol. The molecule has 0 radical (unpaired) electrons. The number of carboxylic acid groups (broad SMARTS) is 1. The molecule has 0 saturated heterocycles. The molecule has 3 nitrogen and oxygen atoms in total. The molecule has 1 N–H and O–H groups in total. The zero-order valence-electron chi connectivity index (χ0n) is 11.2. The molecule has 98 valence electrons. The Labute approximate surface area is 112 Å². The van der Waals surface area contributed by atoms with Gasteiger partial charge in [-0.25, -0.2) is 4.79 Å². The number of hydrogen-bond acceptors (Lipinski definition) is 2. The summed E-state index contributed by atoms with van der Waals surface area (Å²) in [6.45, 7) is 4.08. The number of ether oxygens (including phenoxy) is 1. The van der Waals surface area contributed by atoms with Crippen molar-refractivity contribution in [1.29, 1.82) is 0 Å². The van der Waals surface area contributed by atoms with Gasteiger partial charge in [0.25, 0.3) is 0 Å². The first-order valence-electron chi connectivity index (χ1n) is 6.01. The van der Waals surface area contributed by atoms with Gasteiger partial charge in [0.05, 0.1) is 7.11 Å². The van der Waals surface area contributed by atoms with Gasteiger partial charge >= 0.3 is 5.97 Å². The number of aromatic carboxylic acids is 1. The Balaban J connectivity index is 2.54. The van der Waals surface area contributed by atoms with Crippen LogP contribution in [0.25, 0.3) is 11.1 Å². The highest BCUT2D eigenvalue weighted by molar-refractivity contribution is 5.92. The second-order valence-electron chi connectivity index (χ2n) is 4.60. The third-order valence-electron chi connectivity index (χ3n) is 2.99. The highest BCUT2D eigenvalue weighted by Crippen LogP contribution is 2.28. The van der Waals surface area contributed by atoms with E-state index in [9.17, 15) is 4.79 Å². The number of carboxylic acids is 1. The van der Waals surface area contributed by atoms with Gasteiger partial charge in [-0.2, -0.15) is 0 Å². The molecule has 0 spiro atoms. The van der Waals surface area contributed by atoms with Crippen LogP contribution >= 0.6 is 0 Å². The minimum Gasteiger partial charge on any atom is -0.496 e. The first kappa shape index (κ1) is 13.1. The van der Waals surface area contributed by atoms with Crippen LogP contribution in [0, 0.1) is 13.8 Å². The SMILES string of the molecule is COc1cc(-c2cc(C)cc(C)c2)ccc1C(=O)O. The van der Waals surface area contributed by atoms with Gasteiger partial charge in [0.2, 0.25) is 0 Å². The fraction of sp³-hybridized carbons (Fsp3) is 0.188. The molecule has 2 aromatic carbocycles. The number of carbonyl (C=O) groups is 1. The Hall–Kier alpha value is -2.29. The van der Waals surface area contributed by atoms with E-state index < -0.39 is 5.97 Å². The van der Waals surface area contributed by atoms with Crippen LogP contribution < -0.4 is 4.74 Å². The third kappa shape index (κ3) is 2.76. The Morgan fingerprint density at radius 2 is 1.63 bits per heavy atom. The summed E-state index contributed by atoms with van der Waals surface area (Å²) in [7, 11) is 1.48. The smallest absolute Gasteiger partial charge is 0.339 e. The van der Waals surface area contributed by atoms with Crippen molar-refractivity contribution in [3.05, 3.63) is 53.1 Å². The van der Waals surface area contributed by atoms with Gasteiger partial charge in [-0.05, 0) is 37.1 Å². The van der Waals surface area contributed by atoms with E-state index in [0.29, 0.717) is 5.75 Å². The molecule has 0 aromatic heterocycles. The van der Waals surface area contributed by atoms with Crippen molar-refractivity contribution in [3.8, 4) is 16.9 Å². The second kappa shape index (κ2) is 5.14. The molecular weight excluding hydrogens is 240 g/mol. The van der Waals surface area contributed by atoms with Gasteiger partial charge in [-0.3, -0.25) is 0 Å². The number of rotatable bonds is 3. The van der Waals surface area contributed by atoms with E-state index in [0.717, 1.165) is 11.1 Å². The molecule has 0 unspecified atom stereocenters. The molecule has 3 heteroatoms. The maximum absolute atomic E-state index is 11.1. The van der Waals surface area contributed by atoms with Gasteiger partial charge in [0, 0.05) is 0 Å². The number of methoxy groups -OCH3 is 1. The van der Waals surface area contributed by atoms with E-state index in [1.54, 1.807) is 18.2 Å². The van der Waals surface area contributed by atoms with Gasteiger partial charge in [-0.1, -0.05) is 35.4 Å². The summed E-state index contributed by atoms with van der Waals surface area (Å²) in [6.07, 6.45) is 0. The van der Waals surface area contributed by atoms with Crippen LogP contribution in [-0.2, 0) is 0 Å². The van der Waals surface area contributed by atoms with Crippen molar-refractivity contribution < 1.29 is 14.6 Å². The van der Waals surface area contributed by atoms with Crippen LogP contribution in [0.4, 0.5) is 0 Å². The fourth-order valence-electron chi connectivity index (χ4n) is 2.19. The second-order valence-corrected chi connectivity index (χ2v) is 4.60. The van der Waals surface area contributed by atoms with Gasteiger partial charge in [-0.15, -0.1) is 0 Å². The predicted molar refractivity (Wildman–Crippen MR) is 74.9 cm³/mol. The normalized spacial score (nSPS) is 10.3. The molecule has 0 atom stereocenters. The van der Waals surface area contributed by atoms with Crippen LogP contribution in [0.15, 0.2) is 36.4 Å². The molecule has 0 amide bonds. The van der Waals surface area contributed by atoms with E-state index in [1.807, 2.05) is 13.8 Å². The minimum atomic E-state index is -0.983. The lowest BCUT2D eigenvalue weighted by molar-refractivity contribution is 0.0693. The van der Waals surface area contributed by atoms with E-state index in [4.69, 9.17) is 9.84 Å². The summed E-state index contributed by atoms with van der Waals surface area (Å²) in [5.74, 6) is -0.604. The maximum atomic E-state index is 11.1. The van der Waals surface area contributed by atoms with E-state index in [1.165, 1.54) is 18.2 Å². The predicted octanol–water partition coefficient (Wildman–Crippen LogP) is 3.68. The third-order valence-corrected chi connectivity index (χ3v) is 2.99. The Kier molecular flexibility index (Phi) is 3.56. The van der Waals surface area contributed by atoms with Crippen molar-refractivity contribution in [2.24, 2.45) is 0 Å². The monoisotopic (exact) mass is 256 g/mol. The molecule has 2 aromatic rings. The lowest BCUT2D eigenvalue weighted by atomic mass is 9.99. The van der Waals surface area contributed by atoms with Crippen LogP contribution in [0.1, 0.15) is 21.5 Å². The lowest BCUT2D eigenvalue weighted by Crippen LogP contribution is -2.00. The van der Waals surface area contributed by atoms with Gasteiger partial charge in [0.1, 0.15) is 11.3 Å². The Morgan fingerprint density at radius 3 is 2.16 bits per heavy atom. The van der Waals surface area contributed by atoms with Gasteiger partial charge < -0.3 is 9.84 Å². The maximum Gasteiger partial charge on any atom is 0.339 e. The van der Waals surface area contributed by atoms with Crippen LogP contribution in [0.5, 0.6) is 5.75 Å². The molecule has 0 aliphatic rings. The minimum absolute atomic E-state index is 0.177. The van der Waals surface area contributed by atoms with Crippen molar-refractivity contribution >= 4 is 5.97 Å². The molecule has 0 aliphatic carbocycles. The summed E-state index contributed by atoms with van der Waals surface area (Å²) >= 11 is 0. The molecule has 0 fully saturated rings. The zero-order chi connectivity index (χ0) is 14.0. The summed E-state index contributed by atoms with van der Waals surface area (Å²) < 4.78 is 5.15. The zero-order valence-corrected chi connectivity index (χ0v) is 11.2. The Bertz CT molecular complexity index is 610. The molecule has 0 saturated carbocycles. The van der Waals surface area contributed by atoms with Crippen molar-refractivity contribution in [3.63, 3.8) is 0 Å². The largest absolute Gasteiger partial charge is 0.496 e. The number of aryl methyl sites for hydroxylation is 2. The van der Waals surface area contributed by atoms with Crippen molar-refractivity contribution in [2.75, 3.05) is 7.11 Å². The topological polar surface area (TPSA) is 46.5 Å². The molecular formula is C16H16O3. The van der Waals surface area contributed by atoms with Crippen LogP contribution in [-0.4, -0.2) is 18.2 Å².